The van der Waals surface area contributed by atoms with E-state index >= 15 is 0 Å². The molecule has 8 aliphatic rings. The van der Waals surface area contributed by atoms with Crippen molar-refractivity contribution in [2.24, 2.45) is 39.4 Å². The van der Waals surface area contributed by atoms with E-state index in [-0.39, 0.29) is 45.7 Å². The van der Waals surface area contributed by atoms with Crippen LogP contribution >= 0.6 is 0 Å². The normalized spacial score (nSPS) is 42.9. The molecular weight excluding hydrogens is 570 g/mol. The number of allylic oxidation sites excluding steroid dienone is 4. The topological polar surface area (TPSA) is 66.8 Å². The number of benzene rings is 2. The Morgan fingerprint density at radius 2 is 1.63 bits per heavy atom. The number of hydrogen-bond acceptors (Lipinski definition) is 4. The summed E-state index contributed by atoms with van der Waals surface area (Å²) in [6.07, 6.45) is 18.7. The predicted octanol–water partition coefficient (Wildman–Crippen LogP) is 8.54. The molecule has 1 saturated heterocycles. The number of amides is 1. The van der Waals surface area contributed by atoms with Crippen molar-refractivity contribution in [1.29, 1.82) is 0 Å². The molecule has 0 radical (unpaired) electrons. The Balaban J connectivity index is 1.11. The molecule has 1 aliphatic heterocycles. The fourth-order valence-electron chi connectivity index (χ4n) is 12.7. The summed E-state index contributed by atoms with van der Waals surface area (Å²) in [5.74, 6) is 1.10. The lowest BCUT2D eigenvalue weighted by Gasteiger charge is -2.71. The van der Waals surface area contributed by atoms with Gasteiger partial charge in [-0.2, -0.15) is 0 Å². The van der Waals surface area contributed by atoms with E-state index in [1.807, 2.05) is 4.90 Å². The maximum Gasteiger partial charge on any atom is 0.410 e. The van der Waals surface area contributed by atoms with Gasteiger partial charge >= 0.3 is 6.09 Å². The Morgan fingerprint density at radius 1 is 0.891 bits per heavy atom. The minimum Gasteiger partial charge on any atom is -0.440 e. The van der Waals surface area contributed by atoms with E-state index in [4.69, 9.17) is 4.74 Å². The molecule has 5 fully saturated rings. The summed E-state index contributed by atoms with van der Waals surface area (Å²) in [6.45, 7) is 6.04. The fraction of sp³-hybridized carbons (Fsp3) is 0.610. The van der Waals surface area contributed by atoms with Crippen LogP contribution in [0, 0.1) is 39.4 Å². The average Bonchev–Trinajstić information content (AvgIpc) is 3.55. The van der Waals surface area contributed by atoms with E-state index in [2.05, 4.69) is 74.5 Å². The molecular formula is C41H49NO4. The lowest BCUT2D eigenvalue weighted by molar-refractivity contribution is -0.169. The number of carbonyl (C=O) groups is 2. The lowest BCUT2D eigenvalue weighted by Crippen LogP contribution is -2.67. The smallest absolute Gasteiger partial charge is 0.410 e. The third-order valence-corrected chi connectivity index (χ3v) is 15.1. The molecule has 8 unspecified atom stereocenters. The summed E-state index contributed by atoms with van der Waals surface area (Å²) in [5.41, 5.74) is 0.870. The molecule has 4 saturated carbocycles. The zero-order chi connectivity index (χ0) is 31.5. The molecule has 5 heteroatoms. The van der Waals surface area contributed by atoms with Gasteiger partial charge in [0.2, 0.25) is 0 Å². The van der Waals surface area contributed by atoms with Gasteiger partial charge in [-0.3, -0.25) is 9.69 Å². The summed E-state index contributed by atoms with van der Waals surface area (Å²) in [6, 6.07) is 14.8. The maximum atomic E-state index is 14.8. The highest BCUT2D eigenvalue weighted by molar-refractivity contribution is 6.00. The van der Waals surface area contributed by atoms with E-state index in [1.165, 1.54) is 17.2 Å². The van der Waals surface area contributed by atoms with Crippen LogP contribution in [0.15, 0.2) is 66.3 Å². The molecule has 2 bridgehead atoms. The summed E-state index contributed by atoms with van der Waals surface area (Å²) >= 11 is 0. The van der Waals surface area contributed by atoms with Gasteiger partial charge in [0.1, 0.15) is 5.60 Å². The number of ketones is 1. The van der Waals surface area contributed by atoms with Gasteiger partial charge in [-0.05, 0) is 91.4 Å². The van der Waals surface area contributed by atoms with Crippen LogP contribution < -0.4 is 0 Å². The molecule has 46 heavy (non-hydrogen) atoms. The molecule has 3 spiro atoms. The van der Waals surface area contributed by atoms with E-state index in [0.717, 1.165) is 81.8 Å². The Labute approximate surface area is 273 Å². The molecule has 0 aromatic heterocycles. The SMILES string of the molecule is CC12CCC(O)CC13C=CC1(C(C(=O)C4CCCCC4)=C3)C2CCC2(C)C1CCC21CN(Cc2cccc3ccccc23)C(=O)O1. The number of hydrogen-bond donors (Lipinski definition) is 1. The first-order valence-corrected chi connectivity index (χ1v) is 18.3. The lowest BCUT2D eigenvalue weighted by atomic mass is 9.32. The van der Waals surface area contributed by atoms with Crippen LogP contribution in [0.1, 0.15) is 96.5 Å². The second-order valence-corrected chi connectivity index (χ2v) is 16.8. The first-order valence-electron chi connectivity index (χ1n) is 18.3. The number of aliphatic hydroxyl groups excluding tert-OH is 1. The number of fused-ring (bicyclic) bond motifs is 3. The zero-order valence-corrected chi connectivity index (χ0v) is 27.6. The summed E-state index contributed by atoms with van der Waals surface area (Å²) < 4.78 is 6.64. The molecule has 1 N–H and O–H groups in total. The van der Waals surface area contributed by atoms with Crippen LogP contribution in [0.25, 0.3) is 10.8 Å². The molecule has 10 rings (SSSR count). The summed E-state index contributed by atoms with van der Waals surface area (Å²) in [7, 11) is 0. The average molecular weight is 620 g/mol. The number of Topliss-reactive ketones (excluding diaryl/α,β-unsaturated/α-hetero) is 1. The van der Waals surface area contributed by atoms with Crippen LogP contribution in [0.3, 0.4) is 0 Å². The van der Waals surface area contributed by atoms with Crippen molar-refractivity contribution in [3.63, 3.8) is 0 Å². The fourth-order valence-corrected chi connectivity index (χ4v) is 12.7. The Morgan fingerprint density at radius 3 is 2.48 bits per heavy atom. The largest absolute Gasteiger partial charge is 0.440 e. The Bertz CT molecular complexity index is 1680. The molecule has 2 aromatic rings. The Kier molecular flexibility index (Phi) is 6.24. The van der Waals surface area contributed by atoms with Gasteiger partial charge in [0.05, 0.1) is 12.6 Å². The van der Waals surface area contributed by atoms with Crippen LogP contribution in [0.2, 0.25) is 0 Å². The third kappa shape index (κ3) is 3.62. The van der Waals surface area contributed by atoms with Crippen LogP contribution in [0.4, 0.5) is 4.79 Å². The van der Waals surface area contributed by atoms with Crippen LogP contribution in [-0.4, -0.2) is 40.1 Å². The van der Waals surface area contributed by atoms with Crippen molar-refractivity contribution in [2.75, 3.05) is 6.54 Å². The maximum absolute atomic E-state index is 14.8. The molecule has 8 atom stereocenters. The third-order valence-electron chi connectivity index (χ3n) is 15.1. The van der Waals surface area contributed by atoms with Gasteiger partial charge in [0, 0.05) is 34.3 Å². The molecule has 1 heterocycles. The molecule has 242 valence electrons. The van der Waals surface area contributed by atoms with Crippen molar-refractivity contribution in [2.45, 2.75) is 109 Å². The van der Waals surface area contributed by atoms with E-state index in [9.17, 15) is 14.7 Å². The van der Waals surface area contributed by atoms with Crippen molar-refractivity contribution in [1.82, 2.24) is 4.90 Å². The van der Waals surface area contributed by atoms with E-state index in [1.54, 1.807) is 0 Å². The standard InChI is InChI=1S/C41H49NO4/c1-37-18-15-30(43)23-39(37)21-22-41(32(24-39)35(44)28-10-4-3-5-11-28)33(37)16-19-38(2)34(41)17-20-40(38)26-42(36(45)46-40)25-29-13-8-12-27-9-6-7-14-31(27)29/h6-9,12-14,21-22,24,28,30,33-34,43H,3-5,10-11,15-20,23,25-26H2,1-2H3. The Hall–Kier alpha value is -2.92. The van der Waals surface area contributed by atoms with Gasteiger partial charge < -0.3 is 9.84 Å². The van der Waals surface area contributed by atoms with Crippen LogP contribution in [0.5, 0.6) is 0 Å². The highest BCUT2D eigenvalue weighted by Gasteiger charge is 2.76. The van der Waals surface area contributed by atoms with E-state index < -0.39 is 5.60 Å². The highest BCUT2D eigenvalue weighted by Crippen LogP contribution is 2.79. The van der Waals surface area contributed by atoms with Crippen molar-refractivity contribution in [3.8, 4) is 0 Å². The second-order valence-electron chi connectivity index (χ2n) is 16.8. The van der Waals surface area contributed by atoms with Gasteiger partial charge in [-0.25, -0.2) is 4.79 Å². The minimum atomic E-state index is -0.554. The number of nitrogens with zero attached hydrogens (tertiary/aromatic N) is 1. The van der Waals surface area contributed by atoms with E-state index in [0.29, 0.717) is 24.8 Å². The predicted molar refractivity (Wildman–Crippen MR) is 179 cm³/mol. The number of aliphatic hydroxyl groups is 1. The number of carbonyl (C=O) groups excluding carboxylic acids is 2. The molecule has 1 amide bonds. The molecule has 5 nitrogen and oxygen atoms in total. The first-order chi connectivity index (χ1) is 22.1. The van der Waals surface area contributed by atoms with Gasteiger partial charge in [-0.1, -0.05) is 93.8 Å². The van der Waals surface area contributed by atoms with Crippen LogP contribution in [-0.2, 0) is 16.1 Å². The number of ether oxygens (including phenoxy) is 1. The first kappa shape index (κ1) is 29.2. The van der Waals surface area contributed by atoms with Gasteiger partial charge in [0.15, 0.2) is 5.78 Å². The quantitative estimate of drug-likeness (QED) is 0.348. The van der Waals surface area contributed by atoms with Crippen molar-refractivity contribution >= 4 is 22.6 Å². The minimum absolute atomic E-state index is 0.0150. The van der Waals surface area contributed by atoms with Crippen molar-refractivity contribution in [3.05, 3.63) is 71.8 Å². The second kappa shape index (κ2) is 9.81. The van der Waals surface area contributed by atoms with Crippen molar-refractivity contribution < 1.29 is 19.4 Å². The molecule has 7 aliphatic carbocycles. The number of rotatable bonds is 4. The summed E-state index contributed by atoms with van der Waals surface area (Å²) in [5, 5.41) is 13.4. The van der Waals surface area contributed by atoms with Gasteiger partial charge in [-0.15, -0.1) is 0 Å². The van der Waals surface area contributed by atoms with Gasteiger partial charge in [0.25, 0.3) is 0 Å². The highest BCUT2D eigenvalue weighted by atomic mass is 16.6. The zero-order valence-electron chi connectivity index (χ0n) is 27.6. The summed E-state index contributed by atoms with van der Waals surface area (Å²) in [4.78, 5) is 30.5. The monoisotopic (exact) mass is 619 g/mol. The molecule has 2 aromatic carbocycles.